The average molecular weight is 547 g/mol. The van der Waals surface area contributed by atoms with Crippen molar-refractivity contribution in [2.45, 2.75) is 38.1 Å². The second kappa shape index (κ2) is 11.3. The molecule has 0 spiro atoms. The molecular formula is C26H22ClF3N4O4. The maximum absolute atomic E-state index is 12.8. The zero-order valence-corrected chi connectivity index (χ0v) is 20.5. The first-order valence-electron chi connectivity index (χ1n) is 11.6. The maximum atomic E-state index is 12.8. The number of fused-ring (bicyclic) bond motifs is 1. The number of benzene rings is 2. The highest BCUT2D eigenvalue weighted by Crippen LogP contribution is 2.30. The van der Waals surface area contributed by atoms with E-state index in [0.717, 1.165) is 22.4 Å². The Morgan fingerprint density at radius 1 is 1.05 bits per heavy atom. The second-order valence-electron chi connectivity index (χ2n) is 8.75. The number of hydrogen-bond acceptors (Lipinski definition) is 6. The number of aromatic nitrogens is 4. The van der Waals surface area contributed by atoms with E-state index in [1.807, 2.05) is 0 Å². The van der Waals surface area contributed by atoms with Gasteiger partial charge in [-0.1, -0.05) is 35.0 Å². The molecule has 2 N–H and O–H groups in total. The van der Waals surface area contributed by atoms with E-state index in [1.54, 1.807) is 18.2 Å². The largest absolute Gasteiger partial charge is 0.481 e. The molecule has 0 radical (unpaired) electrons. The summed E-state index contributed by atoms with van der Waals surface area (Å²) < 4.78 is 39.3. The van der Waals surface area contributed by atoms with Crippen molar-refractivity contribution in [3.63, 3.8) is 0 Å². The maximum Gasteiger partial charge on any atom is 0.416 e. The molecule has 0 saturated heterocycles. The topological polar surface area (TPSA) is 118 Å². The van der Waals surface area contributed by atoms with Crippen LogP contribution in [0.5, 0.6) is 0 Å². The van der Waals surface area contributed by atoms with Crippen molar-refractivity contribution in [3.05, 3.63) is 87.3 Å². The van der Waals surface area contributed by atoms with Crippen LogP contribution in [0.4, 0.5) is 13.2 Å². The lowest BCUT2D eigenvalue weighted by Crippen LogP contribution is -2.32. The number of halogens is 4. The second-order valence-corrected chi connectivity index (χ2v) is 9.18. The van der Waals surface area contributed by atoms with Gasteiger partial charge in [0.05, 0.1) is 28.7 Å². The fraction of sp³-hybridized carbons (Fsp3) is 0.269. The number of aliphatic carboxylic acids is 1. The fourth-order valence-corrected chi connectivity index (χ4v) is 4.19. The smallest absolute Gasteiger partial charge is 0.416 e. The van der Waals surface area contributed by atoms with Crippen LogP contribution in [0.2, 0.25) is 5.02 Å². The Kier molecular flexibility index (Phi) is 8.08. The lowest BCUT2D eigenvalue weighted by atomic mass is 9.93. The molecule has 0 aliphatic rings. The number of pyridine rings is 1. The molecule has 0 amide bonds. The van der Waals surface area contributed by atoms with Crippen molar-refractivity contribution < 1.29 is 28.2 Å². The van der Waals surface area contributed by atoms with E-state index in [9.17, 15) is 33.0 Å². The quantitative estimate of drug-likeness (QED) is 0.315. The number of aryl methyl sites for hydroxylation is 2. The molecule has 8 nitrogen and oxygen atoms in total. The molecular weight excluding hydrogens is 525 g/mol. The SMILES string of the molecule is O=C(O)[C@@H](CCn1nnc2cc(Cl)ccc2c1=O)[C@H](O)CCc1ccc(-c2ccc(C(F)(F)F)cc2)nc1. The third-order valence-electron chi connectivity index (χ3n) is 6.18. The molecule has 198 valence electrons. The lowest BCUT2D eigenvalue weighted by molar-refractivity contribution is -0.146. The average Bonchev–Trinajstić information content (AvgIpc) is 2.88. The number of nitrogens with zero attached hydrogens (tertiary/aromatic N) is 4. The van der Waals surface area contributed by atoms with E-state index in [4.69, 9.17) is 11.6 Å². The molecule has 38 heavy (non-hydrogen) atoms. The first-order chi connectivity index (χ1) is 18.0. The van der Waals surface area contributed by atoms with E-state index < -0.39 is 35.3 Å². The van der Waals surface area contributed by atoms with Crippen LogP contribution in [-0.2, 0) is 23.9 Å². The molecule has 0 aliphatic carbocycles. The van der Waals surface area contributed by atoms with Gasteiger partial charge < -0.3 is 10.2 Å². The normalized spacial score (nSPS) is 13.4. The van der Waals surface area contributed by atoms with Crippen LogP contribution in [0.3, 0.4) is 0 Å². The van der Waals surface area contributed by atoms with Crippen molar-refractivity contribution in [3.8, 4) is 11.3 Å². The molecule has 2 atom stereocenters. The van der Waals surface area contributed by atoms with Gasteiger partial charge in [0.2, 0.25) is 0 Å². The Balaban J connectivity index is 1.37. The number of hydrogen-bond donors (Lipinski definition) is 2. The molecule has 0 fully saturated rings. The molecule has 2 aromatic carbocycles. The molecule has 2 aromatic heterocycles. The van der Waals surface area contributed by atoms with Crippen molar-refractivity contribution in [1.29, 1.82) is 0 Å². The van der Waals surface area contributed by atoms with Crippen molar-refractivity contribution in [2.75, 3.05) is 0 Å². The van der Waals surface area contributed by atoms with E-state index >= 15 is 0 Å². The molecule has 0 saturated carbocycles. The molecule has 12 heteroatoms. The minimum Gasteiger partial charge on any atom is -0.481 e. The fourth-order valence-electron chi connectivity index (χ4n) is 4.03. The standard InChI is InChI=1S/C26H22ClF3N4O4/c27-18-7-8-19-22(13-18)32-33-34(24(19)36)12-11-20(25(37)38)23(35)10-2-15-1-9-21(31-14-15)16-3-5-17(6-4-16)26(28,29)30/h1,3-9,13-14,20,23,35H,2,10-12H2,(H,37,38)/t20-,23+/m0/s1. The molecule has 4 rings (SSSR count). The van der Waals surface area contributed by atoms with Crippen LogP contribution in [0.15, 0.2) is 65.6 Å². The van der Waals surface area contributed by atoms with Gasteiger partial charge in [0.15, 0.2) is 0 Å². The Bertz CT molecular complexity index is 1490. The summed E-state index contributed by atoms with van der Waals surface area (Å²) in [5, 5.41) is 28.7. The van der Waals surface area contributed by atoms with Crippen LogP contribution < -0.4 is 5.56 Å². The Labute approximate surface area is 219 Å². The molecule has 2 heterocycles. The van der Waals surface area contributed by atoms with Crippen LogP contribution >= 0.6 is 11.6 Å². The summed E-state index contributed by atoms with van der Waals surface area (Å²) in [7, 11) is 0. The number of aliphatic hydroxyl groups is 1. The monoisotopic (exact) mass is 546 g/mol. The first-order valence-corrected chi connectivity index (χ1v) is 12.0. The zero-order valence-electron chi connectivity index (χ0n) is 19.8. The van der Waals surface area contributed by atoms with E-state index in [1.165, 1.54) is 30.5 Å². The Morgan fingerprint density at radius 2 is 1.79 bits per heavy atom. The third kappa shape index (κ3) is 6.35. The van der Waals surface area contributed by atoms with E-state index in [2.05, 4.69) is 15.3 Å². The summed E-state index contributed by atoms with van der Waals surface area (Å²) in [5.41, 5.74) is 0.860. The van der Waals surface area contributed by atoms with Crippen molar-refractivity contribution in [1.82, 2.24) is 20.0 Å². The Morgan fingerprint density at radius 3 is 2.42 bits per heavy atom. The summed E-state index contributed by atoms with van der Waals surface area (Å²) in [4.78, 5) is 28.7. The number of rotatable bonds is 9. The molecule has 0 unspecified atom stereocenters. The van der Waals surface area contributed by atoms with Gasteiger partial charge in [-0.15, -0.1) is 5.10 Å². The molecule has 0 bridgehead atoms. The first kappa shape index (κ1) is 27.2. The van der Waals surface area contributed by atoms with Crippen LogP contribution in [0, 0.1) is 5.92 Å². The summed E-state index contributed by atoms with van der Waals surface area (Å²) in [6.07, 6.45) is -3.69. The lowest BCUT2D eigenvalue weighted by Gasteiger charge is -2.19. The van der Waals surface area contributed by atoms with Gasteiger partial charge in [-0.2, -0.15) is 13.2 Å². The van der Waals surface area contributed by atoms with Crippen LogP contribution in [-0.4, -0.2) is 42.3 Å². The number of aliphatic hydroxyl groups excluding tert-OH is 1. The van der Waals surface area contributed by atoms with Gasteiger partial charge in [0, 0.05) is 23.3 Å². The van der Waals surface area contributed by atoms with Gasteiger partial charge in [-0.3, -0.25) is 14.6 Å². The van der Waals surface area contributed by atoms with Crippen molar-refractivity contribution >= 4 is 28.5 Å². The molecule has 0 aliphatic heterocycles. The third-order valence-corrected chi connectivity index (χ3v) is 6.42. The van der Waals surface area contributed by atoms with Crippen molar-refractivity contribution in [2.24, 2.45) is 5.92 Å². The summed E-state index contributed by atoms with van der Waals surface area (Å²) >= 11 is 5.90. The zero-order chi connectivity index (χ0) is 27.4. The number of carbonyl (C=O) groups is 1. The highest BCUT2D eigenvalue weighted by molar-refractivity contribution is 6.31. The van der Waals surface area contributed by atoms with Crippen LogP contribution in [0.25, 0.3) is 22.2 Å². The number of carboxylic acid groups (broad SMARTS) is 1. The summed E-state index contributed by atoms with van der Waals surface area (Å²) in [6, 6.07) is 12.6. The minimum absolute atomic E-state index is 0.0463. The number of carboxylic acids is 1. The summed E-state index contributed by atoms with van der Waals surface area (Å²) in [5.74, 6) is -2.36. The van der Waals surface area contributed by atoms with Gasteiger partial charge >= 0.3 is 12.1 Å². The summed E-state index contributed by atoms with van der Waals surface area (Å²) in [6.45, 7) is -0.0538. The highest BCUT2D eigenvalue weighted by Gasteiger charge is 2.30. The van der Waals surface area contributed by atoms with Gasteiger partial charge in [-0.25, -0.2) is 4.68 Å². The van der Waals surface area contributed by atoms with Crippen LogP contribution in [0.1, 0.15) is 24.0 Å². The predicted molar refractivity (Wildman–Crippen MR) is 134 cm³/mol. The van der Waals surface area contributed by atoms with E-state index in [-0.39, 0.29) is 19.4 Å². The minimum atomic E-state index is -4.42. The predicted octanol–water partition coefficient (Wildman–Crippen LogP) is 4.61. The van der Waals surface area contributed by atoms with Gasteiger partial charge in [-0.05, 0) is 61.2 Å². The molecule has 4 aromatic rings. The highest BCUT2D eigenvalue weighted by atomic mass is 35.5. The Hall–Kier alpha value is -3.83. The van der Waals surface area contributed by atoms with E-state index in [0.29, 0.717) is 33.6 Å². The van der Waals surface area contributed by atoms with Gasteiger partial charge in [0.25, 0.3) is 5.56 Å². The number of alkyl halides is 3. The van der Waals surface area contributed by atoms with Gasteiger partial charge in [0.1, 0.15) is 5.52 Å².